The first-order chi connectivity index (χ1) is 9.17. The topological polar surface area (TPSA) is 27.1 Å². The Kier molecular flexibility index (Phi) is 3.31. The molecule has 2 unspecified atom stereocenters. The summed E-state index contributed by atoms with van der Waals surface area (Å²) in [4.78, 5) is 0. The number of benzene rings is 1. The number of ether oxygens (including phenoxy) is 1. The second kappa shape index (κ2) is 4.97. The van der Waals surface area contributed by atoms with Crippen molar-refractivity contribution in [3.8, 4) is 0 Å². The van der Waals surface area contributed by atoms with Gasteiger partial charge >= 0.3 is 0 Å². The van der Waals surface area contributed by atoms with Crippen molar-refractivity contribution in [3.63, 3.8) is 0 Å². The van der Waals surface area contributed by atoms with E-state index in [1.165, 1.54) is 16.5 Å². The summed E-state index contributed by atoms with van der Waals surface area (Å²) in [7, 11) is 0. The summed E-state index contributed by atoms with van der Waals surface area (Å²) < 4.78 is 8.04. The van der Waals surface area contributed by atoms with Gasteiger partial charge in [0.2, 0.25) is 0 Å². The third-order valence-corrected chi connectivity index (χ3v) is 4.09. The molecule has 2 atom stereocenters. The Labute approximate surface area is 114 Å². The summed E-state index contributed by atoms with van der Waals surface area (Å²) >= 11 is 0. The molecule has 3 nitrogen and oxygen atoms in total. The first-order valence-electron chi connectivity index (χ1n) is 7.29. The molecule has 0 radical (unpaired) electrons. The van der Waals surface area contributed by atoms with Gasteiger partial charge in [-0.15, -0.1) is 0 Å². The SMILES string of the molecule is CCc1ccc2cnn(C3CC(C)OC(C)C3)c2c1. The highest BCUT2D eigenvalue weighted by molar-refractivity contribution is 5.79. The Hall–Kier alpha value is -1.35. The average Bonchev–Trinajstić information content (AvgIpc) is 2.80. The number of aryl methyl sites for hydroxylation is 1. The van der Waals surface area contributed by atoms with Gasteiger partial charge in [-0.05, 0) is 44.7 Å². The molecule has 0 aliphatic carbocycles. The molecule has 0 N–H and O–H groups in total. The number of aromatic nitrogens is 2. The molecule has 3 rings (SSSR count). The molecule has 1 aromatic heterocycles. The van der Waals surface area contributed by atoms with Gasteiger partial charge in [-0.3, -0.25) is 4.68 Å². The largest absolute Gasteiger partial charge is 0.375 e. The zero-order chi connectivity index (χ0) is 13.4. The molecule has 3 heteroatoms. The highest BCUT2D eigenvalue weighted by atomic mass is 16.5. The lowest BCUT2D eigenvalue weighted by Gasteiger charge is -2.32. The molecule has 1 saturated heterocycles. The number of fused-ring (bicyclic) bond motifs is 1. The van der Waals surface area contributed by atoms with Gasteiger partial charge in [-0.1, -0.05) is 19.1 Å². The monoisotopic (exact) mass is 258 g/mol. The minimum absolute atomic E-state index is 0.322. The molecule has 0 saturated carbocycles. The van der Waals surface area contributed by atoms with E-state index < -0.39 is 0 Å². The van der Waals surface area contributed by atoms with E-state index in [2.05, 4.69) is 48.8 Å². The van der Waals surface area contributed by atoms with Crippen LogP contribution in [0, 0.1) is 0 Å². The van der Waals surface area contributed by atoms with Crippen LogP contribution in [0.3, 0.4) is 0 Å². The number of nitrogens with zero attached hydrogens (tertiary/aromatic N) is 2. The second-order valence-corrected chi connectivity index (χ2v) is 5.72. The minimum Gasteiger partial charge on any atom is -0.375 e. The van der Waals surface area contributed by atoms with Gasteiger partial charge in [-0.25, -0.2) is 0 Å². The molecule has 102 valence electrons. The third-order valence-electron chi connectivity index (χ3n) is 4.09. The fraction of sp³-hybridized carbons (Fsp3) is 0.562. The van der Waals surface area contributed by atoms with Gasteiger partial charge in [0.1, 0.15) is 0 Å². The van der Waals surface area contributed by atoms with Crippen LogP contribution in [0.1, 0.15) is 45.2 Å². The lowest BCUT2D eigenvalue weighted by molar-refractivity contribution is -0.0499. The Bertz CT molecular complexity index is 565. The Balaban J connectivity index is 1.99. The van der Waals surface area contributed by atoms with Crippen molar-refractivity contribution >= 4 is 10.9 Å². The van der Waals surface area contributed by atoms with Crippen molar-refractivity contribution in [3.05, 3.63) is 30.0 Å². The van der Waals surface area contributed by atoms with E-state index in [0.717, 1.165) is 19.3 Å². The number of hydrogen-bond donors (Lipinski definition) is 0. The van der Waals surface area contributed by atoms with Crippen LogP contribution in [-0.2, 0) is 11.2 Å². The van der Waals surface area contributed by atoms with Gasteiger partial charge < -0.3 is 4.74 Å². The van der Waals surface area contributed by atoms with Crippen LogP contribution in [0.4, 0.5) is 0 Å². The van der Waals surface area contributed by atoms with Gasteiger partial charge in [0.15, 0.2) is 0 Å². The molecular formula is C16H22N2O. The fourth-order valence-electron chi connectivity index (χ4n) is 3.16. The molecule has 0 amide bonds. The number of hydrogen-bond acceptors (Lipinski definition) is 2. The van der Waals surface area contributed by atoms with Crippen molar-refractivity contribution in [2.45, 2.75) is 58.3 Å². The van der Waals surface area contributed by atoms with Crippen LogP contribution in [0.2, 0.25) is 0 Å². The van der Waals surface area contributed by atoms with Crippen LogP contribution in [0.25, 0.3) is 10.9 Å². The summed E-state index contributed by atoms with van der Waals surface area (Å²) in [5, 5.41) is 5.86. The van der Waals surface area contributed by atoms with Crippen LogP contribution in [-0.4, -0.2) is 22.0 Å². The third kappa shape index (κ3) is 2.39. The standard InChI is InChI=1S/C16H22N2O/c1-4-13-5-6-14-10-17-18(16(14)9-13)15-7-11(2)19-12(3)8-15/h5-6,9-12,15H,4,7-8H2,1-3H3. The minimum atomic E-state index is 0.322. The lowest BCUT2D eigenvalue weighted by atomic mass is 9.99. The van der Waals surface area contributed by atoms with Crippen LogP contribution < -0.4 is 0 Å². The smallest absolute Gasteiger partial charge is 0.0688 e. The Morgan fingerprint density at radius 1 is 1.26 bits per heavy atom. The van der Waals surface area contributed by atoms with E-state index in [1.54, 1.807) is 0 Å². The number of rotatable bonds is 2. The van der Waals surface area contributed by atoms with Crippen molar-refractivity contribution in [1.82, 2.24) is 9.78 Å². The van der Waals surface area contributed by atoms with E-state index in [4.69, 9.17) is 4.74 Å². The molecule has 1 aliphatic heterocycles. The molecule has 2 heterocycles. The van der Waals surface area contributed by atoms with Crippen LogP contribution >= 0.6 is 0 Å². The second-order valence-electron chi connectivity index (χ2n) is 5.72. The quantitative estimate of drug-likeness (QED) is 0.820. The summed E-state index contributed by atoms with van der Waals surface area (Å²) in [6.07, 6.45) is 5.81. The van der Waals surface area contributed by atoms with Crippen molar-refractivity contribution in [1.29, 1.82) is 0 Å². The van der Waals surface area contributed by atoms with E-state index >= 15 is 0 Å². The Morgan fingerprint density at radius 3 is 2.68 bits per heavy atom. The van der Waals surface area contributed by atoms with Gasteiger partial charge in [0.25, 0.3) is 0 Å². The maximum Gasteiger partial charge on any atom is 0.0688 e. The van der Waals surface area contributed by atoms with Gasteiger partial charge in [0.05, 0.1) is 30.0 Å². The first-order valence-corrected chi connectivity index (χ1v) is 7.29. The molecule has 1 aliphatic rings. The normalized spacial score (nSPS) is 27.8. The molecule has 1 aromatic carbocycles. The van der Waals surface area contributed by atoms with Crippen molar-refractivity contribution in [2.24, 2.45) is 0 Å². The Morgan fingerprint density at radius 2 is 2.00 bits per heavy atom. The summed E-state index contributed by atoms with van der Waals surface area (Å²) in [6, 6.07) is 7.13. The predicted molar refractivity (Wildman–Crippen MR) is 77.4 cm³/mol. The van der Waals surface area contributed by atoms with Gasteiger partial charge in [-0.2, -0.15) is 5.10 Å². The van der Waals surface area contributed by atoms with Gasteiger partial charge in [0, 0.05) is 5.39 Å². The maximum atomic E-state index is 5.83. The van der Waals surface area contributed by atoms with E-state index in [9.17, 15) is 0 Å². The highest BCUT2D eigenvalue weighted by Crippen LogP contribution is 2.31. The first kappa shape index (κ1) is 12.7. The molecule has 1 fully saturated rings. The van der Waals surface area contributed by atoms with E-state index in [0.29, 0.717) is 18.2 Å². The summed E-state index contributed by atoms with van der Waals surface area (Å²) in [5.41, 5.74) is 2.65. The predicted octanol–water partition coefficient (Wildman–Crippen LogP) is 3.73. The molecule has 0 bridgehead atoms. The van der Waals surface area contributed by atoms with E-state index in [-0.39, 0.29) is 0 Å². The van der Waals surface area contributed by atoms with Crippen LogP contribution in [0.5, 0.6) is 0 Å². The lowest BCUT2D eigenvalue weighted by Crippen LogP contribution is -2.31. The van der Waals surface area contributed by atoms with E-state index in [1.807, 2.05) is 6.20 Å². The van der Waals surface area contributed by atoms with Crippen molar-refractivity contribution < 1.29 is 4.74 Å². The van der Waals surface area contributed by atoms with Crippen molar-refractivity contribution in [2.75, 3.05) is 0 Å². The molecular weight excluding hydrogens is 236 g/mol. The zero-order valence-corrected chi connectivity index (χ0v) is 12.0. The zero-order valence-electron chi connectivity index (χ0n) is 12.0. The van der Waals surface area contributed by atoms with Crippen LogP contribution in [0.15, 0.2) is 24.4 Å². The molecule has 2 aromatic rings. The fourth-order valence-corrected chi connectivity index (χ4v) is 3.16. The maximum absolute atomic E-state index is 5.83. The highest BCUT2D eigenvalue weighted by Gasteiger charge is 2.27. The summed E-state index contributed by atoms with van der Waals surface area (Å²) in [6.45, 7) is 6.51. The molecule has 0 spiro atoms. The molecule has 19 heavy (non-hydrogen) atoms. The average molecular weight is 258 g/mol. The summed E-state index contributed by atoms with van der Waals surface area (Å²) in [5.74, 6) is 0.